The number of fused-ring (bicyclic) bond motifs is 5. The Kier molecular flexibility index (Phi) is 4.56. The fraction of sp³-hybridized carbons (Fsp3) is 0.381. The highest BCUT2D eigenvalue weighted by Crippen LogP contribution is 2.33. The van der Waals surface area contributed by atoms with Crippen LogP contribution in [0.25, 0.3) is 27.7 Å². The summed E-state index contributed by atoms with van der Waals surface area (Å²) in [5.41, 5.74) is 3.51. The Hall–Kier alpha value is -2.89. The number of benzene rings is 1. The van der Waals surface area contributed by atoms with E-state index in [1.54, 1.807) is 0 Å². The molecule has 0 spiro atoms. The van der Waals surface area contributed by atoms with Gasteiger partial charge >= 0.3 is 5.97 Å². The number of aryl methyl sites for hydroxylation is 2. The molecule has 0 fully saturated rings. The van der Waals surface area contributed by atoms with E-state index in [1.165, 1.54) is 26.2 Å². The number of aromatic nitrogens is 4. The second kappa shape index (κ2) is 7.02. The number of carbonyl (C=O) groups is 1. The summed E-state index contributed by atoms with van der Waals surface area (Å²) in [6.45, 7) is 6.46. The first-order valence-electron chi connectivity index (χ1n) is 9.55. The first-order valence-corrected chi connectivity index (χ1v) is 9.55. The third-order valence-corrected chi connectivity index (χ3v) is 4.90. The Labute approximate surface area is 157 Å². The van der Waals surface area contributed by atoms with E-state index in [-0.39, 0.29) is 5.97 Å². The van der Waals surface area contributed by atoms with Gasteiger partial charge in [0, 0.05) is 19.7 Å². The summed E-state index contributed by atoms with van der Waals surface area (Å²) in [6, 6.07) is 7.98. The van der Waals surface area contributed by atoms with Gasteiger partial charge in [-0.15, -0.1) is 0 Å². The second-order valence-electron chi connectivity index (χ2n) is 6.96. The Morgan fingerprint density at radius 3 is 2.70 bits per heavy atom. The van der Waals surface area contributed by atoms with E-state index in [1.807, 2.05) is 41.8 Å². The highest BCUT2D eigenvalue weighted by Gasteiger charge is 2.20. The third kappa shape index (κ3) is 3.05. The summed E-state index contributed by atoms with van der Waals surface area (Å²) in [6.07, 6.45) is 6.55. The molecule has 27 heavy (non-hydrogen) atoms. The highest BCUT2D eigenvalue weighted by atomic mass is 16.5. The summed E-state index contributed by atoms with van der Waals surface area (Å²) in [7, 11) is 0. The van der Waals surface area contributed by atoms with Gasteiger partial charge in [0.05, 0.1) is 11.0 Å². The van der Waals surface area contributed by atoms with Crippen molar-refractivity contribution in [2.24, 2.45) is 0 Å². The molecule has 0 unspecified atom stereocenters. The van der Waals surface area contributed by atoms with Crippen molar-refractivity contribution in [3.05, 3.63) is 36.3 Å². The molecule has 3 aromatic heterocycles. The molecular weight excluding hydrogens is 340 g/mol. The number of hydrogen-bond acceptors (Lipinski definition) is 4. The van der Waals surface area contributed by atoms with E-state index >= 15 is 0 Å². The number of rotatable bonds is 6. The maximum atomic E-state index is 11.7. The standard InChI is InChI=1S/C21H24N4O2/c1-4-5-6-9-12-24-13-18(27-15(3)26)19-20(24)22-14(2)25-17-11-8-7-10-16(17)23-21(19)25/h7-8,10-11,13H,4-6,9,12H2,1-3H3. The molecule has 6 nitrogen and oxygen atoms in total. The van der Waals surface area contributed by atoms with E-state index in [0.29, 0.717) is 5.75 Å². The lowest BCUT2D eigenvalue weighted by Crippen LogP contribution is -2.02. The summed E-state index contributed by atoms with van der Waals surface area (Å²) < 4.78 is 9.65. The van der Waals surface area contributed by atoms with Crippen molar-refractivity contribution in [2.45, 2.75) is 53.0 Å². The average Bonchev–Trinajstić information content (AvgIpc) is 3.17. The van der Waals surface area contributed by atoms with Gasteiger partial charge in [0.1, 0.15) is 16.9 Å². The molecule has 0 bridgehead atoms. The van der Waals surface area contributed by atoms with Crippen LogP contribution in [-0.4, -0.2) is 24.9 Å². The minimum atomic E-state index is -0.338. The minimum absolute atomic E-state index is 0.338. The van der Waals surface area contributed by atoms with Gasteiger partial charge in [-0.2, -0.15) is 0 Å². The lowest BCUT2D eigenvalue weighted by molar-refractivity contribution is -0.131. The van der Waals surface area contributed by atoms with Gasteiger partial charge in [-0.3, -0.25) is 9.20 Å². The van der Waals surface area contributed by atoms with E-state index in [4.69, 9.17) is 14.7 Å². The summed E-state index contributed by atoms with van der Waals surface area (Å²) in [4.78, 5) is 21.3. The SMILES string of the molecule is CCCCCCn1cc(OC(C)=O)c2c1nc(C)n1c3ccccc3nc21. The van der Waals surface area contributed by atoms with Gasteiger partial charge in [-0.1, -0.05) is 38.3 Å². The molecule has 0 radical (unpaired) electrons. The Bertz CT molecular complexity index is 1140. The molecule has 4 rings (SSSR count). The second-order valence-corrected chi connectivity index (χ2v) is 6.96. The molecule has 140 valence electrons. The summed E-state index contributed by atoms with van der Waals surface area (Å²) >= 11 is 0. The van der Waals surface area contributed by atoms with Crippen LogP contribution in [0, 0.1) is 6.92 Å². The number of carbonyl (C=O) groups excluding carboxylic acids is 1. The molecule has 3 heterocycles. The van der Waals surface area contributed by atoms with Crippen LogP contribution in [0.15, 0.2) is 30.5 Å². The molecule has 0 N–H and O–H groups in total. The molecule has 6 heteroatoms. The number of imidazole rings is 1. The van der Waals surface area contributed by atoms with E-state index in [2.05, 4.69) is 11.5 Å². The van der Waals surface area contributed by atoms with Crippen molar-refractivity contribution in [1.82, 2.24) is 18.9 Å². The quantitative estimate of drug-likeness (QED) is 0.369. The predicted molar refractivity (Wildman–Crippen MR) is 106 cm³/mol. The fourth-order valence-electron chi connectivity index (χ4n) is 3.69. The van der Waals surface area contributed by atoms with Crippen molar-refractivity contribution in [2.75, 3.05) is 0 Å². The molecule has 0 atom stereocenters. The highest BCUT2D eigenvalue weighted by molar-refractivity contribution is 6.00. The zero-order valence-electron chi connectivity index (χ0n) is 16.0. The first kappa shape index (κ1) is 17.5. The topological polar surface area (TPSA) is 61.4 Å². The molecule has 0 amide bonds. The van der Waals surface area contributed by atoms with Crippen LogP contribution in [0.5, 0.6) is 5.75 Å². The lowest BCUT2D eigenvalue weighted by Gasteiger charge is -2.06. The maximum Gasteiger partial charge on any atom is 0.308 e. The van der Waals surface area contributed by atoms with Gasteiger partial charge in [0.2, 0.25) is 0 Å². The zero-order chi connectivity index (χ0) is 19.0. The molecule has 0 aliphatic carbocycles. The monoisotopic (exact) mass is 364 g/mol. The molecule has 0 saturated heterocycles. The number of esters is 1. The van der Waals surface area contributed by atoms with Crippen molar-refractivity contribution in [1.29, 1.82) is 0 Å². The van der Waals surface area contributed by atoms with Crippen LogP contribution in [-0.2, 0) is 11.3 Å². The van der Waals surface area contributed by atoms with Crippen molar-refractivity contribution >= 4 is 33.7 Å². The zero-order valence-corrected chi connectivity index (χ0v) is 16.0. The van der Waals surface area contributed by atoms with Gasteiger partial charge in [-0.25, -0.2) is 9.97 Å². The van der Waals surface area contributed by atoms with E-state index in [9.17, 15) is 4.79 Å². The number of unbranched alkanes of at least 4 members (excludes halogenated alkanes) is 3. The van der Waals surface area contributed by atoms with Crippen LogP contribution in [0.3, 0.4) is 0 Å². The number of hydrogen-bond donors (Lipinski definition) is 0. The molecule has 0 saturated carbocycles. The van der Waals surface area contributed by atoms with E-state index in [0.717, 1.165) is 46.5 Å². The largest absolute Gasteiger partial charge is 0.424 e. The number of nitrogens with zero attached hydrogens (tertiary/aromatic N) is 4. The summed E-state index contributed by atoms with van der Waals surface area (Å²) in [5.74, 6) is 1.06. The van der Waals surface area contributed by atoms with Crippen LogP contribution in [0.2, 0.25) is 0 Å². The van der Waals surface area contributed by atoms with Gasteiger partial charge in [-0.05, 0) is 25.5 Å². The Morgan fingerprint density at radius 1 is 1.11 bits per heavy atom. The molecule has 1 aromatic carbocycles. The van der Waals surface area contributed by atoms with Gasteiger partial charge in [0.25, 0.3) is 0 Å². The normalized spacial score (nSPS) is 11.7. The van der Waals surface area contributed by atoms with Crippen molar-refractivity contribution < 1.29 is 9.53 Å². The van der Waals surface area contributed by atoms with Crippen molar-refractivity contribution in [3.63, 3.8) is 0 Å². The first-order chi connectivity index (χ1) is 13.1. The van der Waals surface area contributed by atoms with E-state index < -0.39 is 0 Å². The minimum Gasteiger partial charge on any atom is -0.424 e. The Morgan fingerprint density at radius 2 is 1.93 bits per heavy atom. The lowest BCUT2D eigenvalue weighted by atomic mass is 10.2. The fourth-order valence-corrected chi connectivity index (χ4v) is 3.69. The van der Waals surface area contributed by atoms with Crippen molar-refractivity contribution in [3.8, 4) is 5.75 Å². The predicted octanol–water partition coefficient (Wildman–Crippen LogP) is 4.65. The smallest absolute Gasteiger partial charge is 0.308 e. The summed E-state index contributed by atoms with van der Waals surface area (Å²) in [5, 5.41) is 0.794. The molecule has 0 aliphatic rings. The van der Waals surface area contributed by atoms with Crippen LogP contribution < -0.4 is 4.74 Å². The molecular formula is C21H24N4O2. The Balaban J connectivity index is 1.94. The van der Waals surface area contributed by atoms with Crippen LogP contribution in [0.4, 0.5) is 0 Å². The third-order valence-electron chi connectivity index (χ3n) is 4.90. The van der Waals surface area contributed by atoms with Crippen LogP contribution >= 0.6 is 0 Å². The average molecular weight is 364 g/mol. The van der Waals surface area contributed by atoms with Crippen LogP contribution in [0.1, 0.15) is 45.4 Å². The maximum absolute atomic E-state index is 11.7. The number of para-hydroxylation sites is 2. The van der Waals surface area contributed by atoms with Gasteiger partial charge < -0.3 is 9.30 Å². The van der Waals surface area contributed by atoms with Gasteiger partial charge in [0.15, 0.2) is 11.4 Å². The molecule has 4 aromatic rings. The number of ether oxygens (including phenoxy) is 1. The molecule has 0 aliphatic heterocycles.